The van der Waals surface area contributed by atoms with Crippen LogP contribution < -0.4 is 11.3 Å². The first-order valence-electron chi connectivity index (χ1n) is 4.75. The largest absolute Gasteiger partial charge is 0.360 e. The number of nitrogen functional groups attached to an aromatic ring is 1. The molecule has 1 aromatic rings. The third-order valence-electron chi connectivity index (χ3n) is 2.01. The number of nitrogens with one attached hydrogen (secondary N) is 1. The van der Waals surface area contributed by atoms with Gasteiger partial charge in [0.2, 0.25) is 0 Å². The van der Waals surface area contributed by atoms with Crippen molar-refractivity contribution in [3.8, 4) is 0 Å². The van der Waals surface area contributed by atoms with Crippen LogP contribution in [0.1, 0.15) is 36.5 Å². The maximum absolute atomic E-state index is 11.1. The first kappa shape index (κ1) is 12.1. The standard InChI is InChI=1S/C9H15N3O2S/c1-3-6(2)15-5-7-4-8(12-14-7)9(13)11-10/h4,6H,3,5,10H2,1-2H3,(H,11,13). The van der Waals surface area contributed by atoms with Crippen molar-refractivity contribution in [3.05, 3.63) is 17.5 Å². The van der Waals surface area contributed by atoms with Gasteiger partial charge in [0.25, 0.3) is 5.91 Å². The van der Waals surface area contributed by atoms with Crippen LogP contribution in [0.15, 0.2) is 10.6 Å². The highest BCUT2D eigenvalue weighted by atomic mass is 32.2. The molecule has 0 aromatic carbocycles. The van der Waals surface area contributed by atoms with Crippen LogP contribution in [-0.4, -0.2) is 16.3 Å². The van der Waals surface area contributed by atoms with Crippen molar-refractivity contribution in [2.24, 2.45) is 5.84 Å². The van der Waals surface area contributed by atoms with Gasteiger partial charge in [-0.3, -0.25) is 10.2 Å². The number of nitrogens with zero attached hydrogens (tertiary/aromatic N) is 1. The van der Waals surface area contributed by atoms with E-state index in [9.17, 15) is 4.79 Å². The van der Waals surface area contributed by atoms with Crippen molar-refractivity contribution < 1.29 is 9.32 Å². The molecule has 0 fully saturated rings. The molecule has 3 N–H and O–H groups in total. The lowest BCUT2D eigenvalue weighted by atomic mass is 10.4. The zero-order chi connectivity index (χ0) is 11.3. The highest BCUT2D eigenvalue weighted by Gasteiger charge is 2.11. The minimum absolute atomic E-state index is 0.220. The molecule has 0 aliphatic rings. The summed E-state index contributed by atoms with van der Waals surface area (Å²) in [4.78, 5) is 11.1. The summed E-state index contributed by atoms with van der Waals surface area (Å²) in [6, 6.07) is 1.61. The van der Waals surface area contributed by atoms with E-state index >= 15 is 0 Å². The second-order valence-corrected chi connectivity index (χ2v) is 4.61. The van der Waals surface area contributed by atoms with Crippen molar-refractivity contribution >= 4 is 17.7 Å². The van der Waals surface area contributed by atoms with Crippen LogP contribution in [-0.2, 0) is 5.75 Å². The number of hydrogen-bond acceptors (Lipinski definition) is 5. The normalized spacial score (nSPS) is 12.5. The second kappa shape index (κ2) is 5.77. The Bertz CT molecular complexity index is 327. The topological polar surface area (TPSA) is 81.2 Å². The number of amides is 1. The van der Waals surface area contributed by atoms with E-state index in [0.29, 0.717) is 11.0 Å². The Morgan fingerprint density at radius 3 is 3.13 bits per heavy atom. The molecule has 1 rings (SSSR count). The highest BCUT2D eigenvalue weighted by Crippen LogP contribution is 2.19. The van der Waals surface area contributed by atoms with Gasteiger partial charge in [-0.05, 0) is 6.42 Å². The Hall–Kier alpha value is -1.01. The molecule has 1 amide bonds. The molecule has 0 aliphatic carbocycles. The molecule has 0 aliphatic heterocycles. The van der Waals surface area contributed by atoms with Crippen LogP contribution >= 0.6 is 11.8 Å². The first-order valence-corrected chi connectivity index (χ1v) is 5.80. The van der Waals surface area contributed by atoms with Crippen LogP contribution in [0.4, 0.5) is 0 Å². The Labute approximate surface area is 92.7 Å². The summed E-state index contributed by atoms with van der Waals surface area (Å²) < 4.78 is 5.00. The van der Waals surface area contributed by atoms with Gasteiger partial charge in [-0.15, -0.1) is 0 Å². The molecule has 0 saturated carbocycles. The Morgan fingerprint density at radius 1 is 1.80 bits per heavy atom. The third kappa shape index (κ3) is 3.56. The van der Waals surface area contributed by atoms with Gasteiger partial charge in [0.05, 0.1) is 5.75 Å². The minimum atomic E-state index is -0.432. The molecule has 1 aromatic heterocycles. The first-order chi connectivity index (χ1) is 7.17. The van der Waals surface area contributed by atoms with Gasteiger partial charge in [-0.25, -0.2) is 5.84 Å². The molecule has 0 saturated heterocycles. The van der Waals surface area contributed by atoms with E-state index in [1.54, 1.807) is 17.8 Å². The van der Waals surface area contributed by atoms with Crippen LogP contribution in [0.3, 0.4) is 0 Å². The molecule has 0 bridgehead atoms. The van der Waals surface area contributed by atoms with Crippen molar-refractivity contribution in [1.29, 1.82) is 0 Å². The third-order valence-corrected chi connectivity index (χ3v) is 3.36. The van der Waals surface area contributed by atoms with Gasteiger partial charge in [0, 0.05) is 11.3 Å². The van der Waals surface area contributed by atoms with E-state index in [1.807, 2.05) is 5.43 Å². The number of nitrogens with two attached hydrogens (primary N) is 1. The van der Waals surface area contributed by atoms with Gasteiger partial charge >= 0.3 is 0 Å². The monoisotopic (exact) mass is 229 g/mol. The van der Waals surface area contributed by atoms with E-state index < -0.39 is 5.91 Å². The lowest BCUT2D eigenvalue weighted by Crippen LogP contribution is -2.30. The number of hydrogen-bond donors (Lipinski definition) is 2. The number of aromatic nitrogens is 1. The van der Waals surface area contributed by atoms with Crippen molar-refractivity contribution in [3.63, 3.8) is 0 Å². The lowest BCUT2D eigenvalue weighted by molar-refractivity contribution is 0.0944. The summed E-state index contributed by atoms with van der Waals surface area (Å²) in [6.45, 7) is 4.28. The average molecular weight is 229 g/mol. The molecular formula is C9H15N3O2S. The maximum Gasteiger partial charge on any atom is 0.287 e. The van der Waals surface area contributed by atoms with Crippen LogP contribution in [0, 0.1) is 0 Å². The predicted octanol–water partition coefficient (Wildman–Crippen LogP) is 1.31. The Morgan fingerprint density at radius 2 is 2.53 bits per heavy atom. The number of hydrazine groups is 1. The smallest absolute Gasteiger partial charge is 0.287 e. The van der Waals surface area contributed by atoms with E-state index in [4.69, 9.17) is 10.4 Å². The fourth-order valence-corrected chi connectivity index (χ4v) is 1.72. The quantitative estimate of drug-likeness (QED) is 0.452. The van der Waals surface area contributed by atoms with Gasteiger partial charge in [0.1, 0.15) is 5.76 Å². The molecule has 0 spiro atoms. The van der Waals surface area contributed by atoms with Crippen LogP contribution in [0.25, 0.3) is 0 Å². The fourth-order valence-electron chi connectivity index (χ4n) is 0.904. The van der Waals surface area contributed by atoms with Gasteiger partial charge < -0.3 is 4.52 Å². The van der Waals surface area contributed by atoms with Crippen LogP contribution in [0.2, 0.25) is 0 Å². The van der Waals surface area contributed by atoms with Crippen LogP contribution in [0.5, 0.6) is 0 Å². The number of thioether (sulfide) groups is 1. The van der Waals surface area contributed by atoms with E-state index in [2.05, 4.69) is 19.0 Å². The lowest BCUT2D eigenvalue weighted by Gasteiger charge is -2.04. The summed E-state index contributed by atoms with van der Waals surface area (Å²) in [5.41, 5.74) is 2.22. The van der Waals surface area contributed by atoms with Gasteiger partial charge in [-0.1, -0.05) is 19.0 Å². The zero-order valence-corrected chi connectivity index (χ0v) is 9.63. The maximum atomic E-state index is 11.1. The minimum Gasteiger partial charge on any atom is -0.360 e. The van der Waals surface area contributed by atoms with Crippen molar-refractivity contribution in [1.82, 2.24) is 10.6 Å². The molecular weight excluding hydrogens is 214 g/mol. The van der Waals surface area contributed by atoms with E-state index in [0.717, 1.165) is 12.2 Å². The Kier molecular flexibility index (Phi) is 4.64. The summed E-state index contributed by atoms with van der Waals surface area (Å²) in [7, 11) is 0. The molecule has 6 heteroatoms. The molecule has 5 nitrogen and oxygen atoms in total. The zero-order valence-electron chi connectivity index (χ0n) is 8.82. The summed E-state index contributed by atoms with van der Waals surface area (Å²) in [5.74, 6) is 5.95. The summed E-state index contributed by atoms with van der Waals surface area (Å²) in [5, 5.41) is 4.18. The van der Waals surface area contributed by atoms with E-state index in [1.165, 1.54) is 0 Å². The van der Waals surface area contributed by atoms with Gasteiger partial charge in [-0.2, -0.15) is 11.8 Å². The molecule has 1 heterocycles. The number of rotatable bonds is 5. The molecule has 84 valence electrons. The SMILES string of the molecule is CCC(C)SCc1cc(C(=O)NN)no1. The second-order valence-electron chi connectivity index (χ2n) is 3.18. The highest BCUT2D eigenvalue weighted by molar-refractivity contribution is 7.99. The summed E-state index contributed by atoms with van der Waals surface area (Å²) in [6.07, 6.45) is 1.11. The molecule has 1 unspecified atom stereocenters. The van der Waals surface area contributed by atoms with Crippen molar-refractivity contribution in [2.75, 3.05) is 0 Å². The molecule has 0 radical (unpaired) electrons. The predicted molar refractivity (Wildman–Crippen MR) is 59.2 cm³/mol. The summed E-state index contributed by atoms with van der Waals surface area (Å²) >= 11 is 1.77. The van der Waals surface area contributed by atoms with E-state index in [-0.39, 0.29) is 5.69 Å². The fraction of sp³-hybridized carbons (Fsp3) is 0.556. The Balaban J connectivity index is 2.49. The number of carbonyl (C=O) groups is 1. The van der Waals surface area contributed by atoms with Crippen molar-refractivity contribution in [2.45, 2.75) is 31.3 Å². The van der Waals surface area contributed by atoms with Gasteiger partial charge in [0.15, 0.2) is 5.69 Å². The average Bonchev–Trinajstić information content (AvgIpc) is 2.73. The number of carbonyl (C=O) groups excluding carboxylic acids is 1. The molecule has 15 heavy (non-hydrogen) atoms. The molecule has 1 atom stereocenters.